The Morgan fingerprint density at radius 1 is 1.44 bits per heavy atom. The smallest absolute Gasteiger partial charge is 0.131 e. The summed E-state index contributed by atoms with van der Waals surface area (Å²) in [6, 6.07) is 0. The molecule has 1 aliphatic heterocycles. The largest absolute Gasteiger partial charge is 0.377 e. The van der Waals surface area contributed by atoms with Gasteiger partial charge in [-0.2, -0.15) is 0 Å². The van der Waals surface area contributed by atoms with E-state index in [0.717, 1.165) is 25.7 Å². The first-order valence-electron chi connectivity index (χ1n) is 6.78. The van der Waals surface area contributed by atoms with Crippen LogP contribution in [0.4, 0.5) is 0 Å². The van der Waals surface area contributed by atoms with E-state index >= 15 is 0 Å². The summed E-state index contributed by atoms with van der Waals surface area (Å²) in [5.41, 5.74) is 0.543. The highest BCUT2D eigenvalue weighted by Gasteiger charge is 2.50. The molecule has 0 amide bonds. The molecule has 1 N–H and O–H groups in total. The number of terminal acetylenes is 1. The molecule has 3 atom stereocenters. The standard InChI is InChI=1S/C15H20OS2/c1-3-14(16)6-4-5-12-10-15(17-7-8-18-15)9-11(2)13(12)14/h1,10-11,13,16H,4-9H2,2H3/t11-,13?,14?/m0/s1. The van der Waals surface area contributed by atoms with Gasteiger partial charge in [-0.1, -0.05) is 24.5 Å². The molecule has 3 rings (SSSR count). The molecular weight excluding hydrogens is 260 g/mol. The van der Waals surface area contributed by atoms with Crippen LogP contribution in [0.25, 0.3) is 0 Å². The van der Waals surface area contributed by atoms with Gasteiger partial charge in [0.05, 0.1) is 4.08 Å². The van der Waals surface area contributed by atoms with Crippen LogP contribution in [0.3, 0.4) is 0 Å². The Hall–Kier alpha value is -0.0400. The topological polar surface area (TPSA) is 20.2 Å². The highest BCUT2D eigenvalue weighted by molar-refractivity contribution is 8.21. The second-order valence-electron chi connectivity index (χ2n) is 5.81. The summed E-state index contributed by atoms with van der Waals surface area (Å²) in [7, 11) is 0. The predicted octanol–water partition coefficient (Wildman–Crippen LogP) is 3.29. The average Bonchev–Trinajstić information content (AvgIpc) is 2.76. The zero-order valence-electron chi connectivity index (χ0n) is 10.8. The van der Waals surface area contributed by atoms with E-state index in [0.29, 0.717) is 5.92 Å². The second-order valence-corrected chi connectivity index (χ2v) is 8.92. The molecule has 1 nitrogen and oxygen atoms in total. The van der Waals surface area contributed by atoms with Crippen LogP contribution in [0.5, 0.6) is 0 Å². The predicted molar refractivity (Wildman–Crippen MR) is 80.6 cm³/mol. The van der Waals surface area contributed by atoms with E-state index < -0.39 is 5.60 Å². The molecule has 0 radical (unpaired) electrons. The fraction of sp³-hybridized carbons (Fsp3) is 0.733. The van der Waals surface area contributed by atoms with Crippen molar-refractivity contribution in [3.63, 3.8) is 0 Å². The van der Waals surface area contributed by atoms with Crippen molar-refractivity contribution in [2.45, 2.75) is 42.3 Å². The summed E-state index contributed by atoms with van der Waals surface area (Å²) < 4.78 is 0.290. The van der Waals surface area contributed by atoms with Gasteiger partial charge in [0.25, 0.3) is 0 Å². The summed E-state index contributed by atoms with van der Waals surface area (Å²) in [4.78, 5) is 0. The van der Waals surface area contributed by atoms with E-state index in [2.05, 4.69) is 42.4 Å². The van der Waals surface area contributed by atoms with Gasteiger partial charge in [-0.25, -0.2) is 0 Å². The Labute approximate surface area is 118 Å². The van der Waals surface area contributed by atoms with Gasteiger partial charge >= 0.3 is 0 Å². The number of hydrogen-bond donors (Lipinski definition) is 1. The zero-order chi connectivity index (χ0) is 12.8. The lowest BCUT2D eigenvalue weighted by molar-refractivity contribution is 0.00190. The lowest BCUT2D eigenvalue weighted by Crippen LogP contribution is -2.47. The molecule has 1 saturated heterocycles. The Morgan fingerprint density at radius 2 is 2.17 bits per heavy atom. The van der Waals surface area contributed by atoms with E-state index in [4.69, 9.17) is 6.42 Å². The minimum Gasteiger partial charge on any atom is -0.377 e. The van der Waals surface area contributed by atoms with Crippen molar-refractivity contribution in [1.29, 1.82) is 0 Å². The SMILES string of the molecule is C#CC1(O)CCCC2=CC3(C[C@H](C)C21)SCCS3. The van der Waals surface area contributed by atoms with Crippen molar-refractivity contribution in [1.82, 2.24) is 0 Å². The van der Waals surface area contributed by atoms with Crippen molar-refractivity contribution in [2.75, 3.05) is 11.5 Å². The number of fused-ring (bicyclic) bond motifs is 1. The fourth-order valence-corrected chi connectivity index (χ4v) is 7.34. The third-order valence-corrected chi connectivity index (χ3v) is 7.87. The lowest BCUT2D eigenvalue weighted by Gasteiger charge is -2.47. The summed E-state index contributed by atoms with van der Waals surface area (Å²) in [6.45, 7) is 2.27. The summed E-state index contributed by atoms with van der Waals surface area (Å²) >= 11 is 4.17. The zero-order valence-corrected chi connectivity index (χ0v) is 12.4. The van der Waals surface area contributed by atoms with Crippen molar-refractivity contribution >= 4 is 23.5 Å². The van der Waals surface area contributed by atoms with E-state index in [-0.39, 0.29) is 10.00 Å². The molecule has 2 unspecified atom stereocenters. The van der Waals surface area contributed by atoms with Crippen LogP contribution in [0.1, 0.15) is 32.6 Å². The summed E-state index contributed by atoms with van der Waals surface area (Å²) in [6.07, 6.45) is 12.1. The van der Waals surface area contributed by atoms with Gasteiger partial charge in [0.2, 0.25) is 0 Å². The molecule has 0 aromatic rings. The lowest BCUT2D eigenvalue weighted by atomic mass is 9.64. The van der Waals surface area contributed by atoms with Gasteiger partial charge < -0.3 is 5.11 Å². The van der Waals surface area contributed by atoms with Gasteiger partial charge in [-0.3, -0.25) is 0 Å². The maximum atomic E-state index is 10.7. The Morgan fingerprint density at radius 3 is 2.83 bits per heavy atom. The molecule has 0 bridgehead atoms. The first-order valence-corrected chi connectivity index (χ1v) is 8.75. The molecule has 3 aliphatic rings. The Balaban J connectivity index is 1.98. The minimum atomic E-state index is -0.890. The fourth-order valence-electron chi connectivity index (χ4n) is 3.92. The molecule has 0 aromatic heterocycles. The number of hydrogen-bond acceptors (Lipinski definition) is 3. The average molecular weight is 280 g/mol. The monoisotopic (exact) mass is 280 g/mol. The molecule has 0 aromatic carbocycles. The molecule has 1 heterocycles. The van der Waals surface area contributed by atoms with E-state index in [1.165, 1.54) is 17.1 Å². The van der Waals surface area contributed by atoms with Crippen LogP contribution in [0.15, 0.2) is 11.6 Å². The third kappa shape index (κ3) is 1.94. The Bertz CT molecular complexity index is 417. The number of aliphatic hydroxyl groups is 1. The van der Waals surface area contributed by atoms with Gasteiger partial charge in [-0.05, 0) is 31.6 Å². The van der Waals surface area contributed by atoms with Gasteiger partial charge in [0, 0.05) is 17.4 Å². The van der Waals surface area contributed by atoms with Crippen LogP contribution >= 0.6 is 23.5 Å². The van der Waals surface area contributed by atoms with Crippen molar-refractivity contribution < 1.29 is 5.11 Å². The molecule has 18 heavy (non-hydrogen) atoms. The molecule has 98 valence electrons. The molecule has 2 fully saturated rings. The maximum Gasteiger partial charge on any atom is 0.131 e. The second kappa shape index (κ2) is 4.51. The molecule has 1 saturated carbocycles. The minimum absolute atomic E-state index is 0.198. The molecule has 1 spiro atoms. The molecule has 3 heteroatoms. The van der Waals surface area contributed by atoms with Crippen LogP contribution in [0, 0.1) is 24.2 Å². The number of rotatable bonds is 0. The van der Waals surface area contributed by atoms with Crippen molar-refractivity contribution in [2.24, 2.45) is 11.8 Å². The van der Waals surface area contributed by atoms with Gasteiger partial charge in [0.15, 0.2) is 0 Å². The van der Waals surface area contributed by atoms with Crippen LogP contribution in [-0.4, -0.2) is 26.3 Å². The van der Waals surface area contributed by atoms with E-state index in [1.54, 1.807) is 0 Å². The van der Waals surface area contributed by atoms with Crippen molar-refractivity contribution in [3.05, 3.63) is 11.6 Å². The van der Waals surface area contributed by atoms with Crippen LogP contribution in [-0.2, 0) is 0 Å². The van der Waals surface area contributed by atoms with Crippen LogP contribution < -0.4 is 0 Å². The van der Waals surface area contributed by atoms with E-state index in [1.807, 2.05) is 0 Å². The summed E-state index contributed by atoms with van der Waals surface area (Å²) in [5.74, 6) is 5.89. The molecular formula is C15H20OS2. The van der Waals surface area contributed by atoms with Gasteiger partial charge in [0.1, 0.15) is 5.60 Å². The Kier molecular flexibility index (Phi) is 3.25. The summed E-state index contributed by atoms with van der Waals surface area (Å²) in [5, 5.41) is 10.7. The van der Waals surface area contributed by atoms with E-state index in [9.17, 15) is 5.11 Å². The first kappa shape index (κ1) is 13.0. The number of thioether (sulfide) groups is 2. The quantitative estimate of drug-likeness (QED) is 0.543. The highest BCUT2D eigenvalue weighted by atomic mass is 32.2. The maximum absolute atomic E-state index is 10.7. The van der Waals surface area contributed by atoms with Gasteiger partial charge in [-0.15, -0.1) is 29.9 Å². The third-order valence-electron chi connectivity index (χ3n) is 4.54. The van der Waals surface area contributed by atoms with Crippen LogP contribution in [0.2, 0.25) is 0 Å². The highest BCUT2D eigenvalue weighted by Crippen LogP contribution is 2.57. The van der Waals surface area contributed by atoms with Crippen molar-refractivity contribution in [3.8, 4) is 12.3 Å². The first-order chi connectivity index (χ1) is 8.59. The normalized spacial score (nSPS) is 42.2. The molecule has 2 aliphatic carbocycles.